The summed E-state index contributed by atoms with van der Waals surface area (Å²) < 4.78 is 0. The molecule has 2 fully saturated rings. The fourth-order valence-corrected chi connectivity index (χ4v) is 3.27. The van der Waals surface area contributed by atoms with Gasteiger partial charge in [-0.1, -0.05) is 12.8 Å². The maximum absolute atomic E-state index is 12.3. The molecule has 0 radical (unpaired) electrons. The first kappa shape index (κ1) is 14.8. The molecule has 1 heterocycles. The number of carboxylic acids is 2. The van der Waals surface area contributed by atoms with Gasteiger partial charge in [-0.25, -0.2) is 0 Å². The molecule has 3 N–H and O–H groups in total. The molecule has 0 spiro atoms. The van der Waals surface area contributed by atoms with Gasteiger partial charge in [0, 0.05) is 6.04 Å². The average Bonchev–Trinajstić information content (AvgIpc) is 2.79. The third-order valence-corrected chi connectivity index (χ3v) is 4.12. The van der Waals surface area contributed by atoms with E-state index in [-0.39, 0.29) is 0 Å². The molecular weight excluding hydrogens is 264 g/mol. The highest BCUT2D eigenvalue weighted by molar-refractivity contribution is 5.88. The van der Waals surface area contributed by atoms with E-state index in [0.717, 1.165) is 30.6 Å². The molecule has 0 bridgehead atoms. The van der Waals surface area contributed by atoms with E-state index in [4.69, 9.17) is 10.2 Å². The van der Waals surface area contributed by atoms with E-state index in [0.29, 0.717) is 18.4 Å². The fourth-order valence-electron chi connectivity index (χ4n) is 3.27. The van der Waals surface area contributed by atoms with E-state index in [9.17, 15) is 14.4 Å². The minimum absolute atomic E-state index is 0.314. The van der Waals surface area contributed by atoms with E-state index in [2.05, 4.69) is 5.32 Å². The first-order valence-corrected chi connectivity index (χ1v) is 6.96. The molecule has 0 aromatic carbocycles. The standard InChI is InChI=1S/C13H20N2O5/c16-11(17)6-15(7-12(18)19)13(20)10-5-8-3-1-2-4-9(8)14-10/h8-10,14H,1-7H2,(H,16,17)(H,18,19). The summed E-state index contributed by atoms with van der Waals surface area (Å²) in [4.78, 5) is 34.7. The Morgan fingerprint density at radius 2 is 1.65 bits per heavy atom. The molecule has 2 rings (SSSR count). The second-order valence-electron chi connectivity index (χ2n) is 5.59. The number of carbonyl (C=O) groups is 3. The molecule has 1 saturated carbocycles. The zero-order chi connectivity index (χ0) is 14.7. The molecular formula is C13H20N2O5. The summed E-state index contributed by atoms with van der Waals surface area (Å²) in [6, 6.07) is -0.129. The van der Waals surface area contributed by atoms with E-state index < -0.39 is 37.0 Å². The lowest BCUT2D eigenvalue weighted by molar-refractivity contribution is -0.150. The number of carbonyl (C=O) groups excluding carboxylic acids is 1. The van der Waals surface area contributed by atoms with Gasteiger partial charge in [0.2, 0.25) is 5.91 Å². The van der Waals surface area contributed by atoms with E-state index in [1.165, 1.54) is 0 Å². The van der Waals surface area contributed by atoms with Crippen molar-refractivity contribution in [2.75, 3.05) is 13.1 Å². The smallest absolute Gasteiger partial charge is 0.323 e. The van der Waals surface area contributed by atoms with Crippen molar-refractivity contribution in [3.05, 3.63) is 0 Å². The molecule has 7 heteroatoms. The lowest BCUT2D eigenvalue weighted by Crippen LogP contribution is -2.48. The van der Waals surface area contributed by atoms with Crippen LogP contribution >= 0.6 is 0 Å². The fraction of sp³-hybridized carbons (Fsp3) is 0.769. The third kappa shape index (κ3) is 3.47. The summed E-state index contributed by atoms with van der Waals surface area (Å²) in [5.74, 6) is -2.36. The Hall–Kier alpha value is -1.63. The van der Waals surface area contributed by atoms with Gasteiger partial charge in [-0.05, 0) is 25.2 Å². The number of rotatable bonds is 5. The summed E-state index contributed by atoms with van der Waals surface area (Å²) in [6.07, 6.45) is 5.10. The molecule has 2 aliphatic rings. The molecule has 3 atom stereocenters. The van der Waals surface area contributed by atoms with Crippen LogP contribution in [0.15, 0.2) is 0 Å². The number of nitrogens with one attached hydrogen (secondary N) is 1. The van der Waals surface area contributed by atoms with Gasteiger partial charge in [0.25, 0.3) is 0 Å². The van der Waals surface area contributed by atoms with Gasteiger partial charge >= 0.3 is 11.9 Å². The van der Waals surface area contributed by atoms with Crippen molar-refractivity contribution in [3.8, 4) is 0 Å². The zero-order valence-corrected chi connectivity index (χ0v) is 11.2. The monoisotopic (exact) mass is 284 g/mol. The van der Waals surface area contributed by atoms with Gasteiger partial charge in [0.1, 0.15) is 13.1 Å². The van der Waals surface area contributed by atoms with Crippen LogP contribution in [0, 0.1) is 5.92 Å². The molecule has 1 saturated heterocycles. The summed E-state index contributed by atoms with van der Waals surface area (Å²) in [5, 5.41) is 20.8. The minimum Gasteiger partial charge on any atom is -0.480 e. The lowest BCUT2D eigenvalue weighted by atomic mass is 9.85. The Balaban J connectivity index is 2.00. The Morgan fingerprint density at radius 3 is 2.20 bits per heavy atom. The quantitative estimate of drug-likeness (QED) is 0.651. The van der Waals surface area contributed by atoms with Crippen LogP contribution in [0.5, 0.6) is 0 Å². The second-order valence-corrected chi connectivity index (χ2v) is 5.59. The van der Waals surface area contributed by atoms with Crippen LogP contribution in [0.4, 0.5) is 0 Å². The minimum atomic E-state index is -1.20. The molecule has 1 amide bonds. The highest BCUT2D eigenvalue weighted by Crippen LogP contribution is 2.33. The Kier molecular flexibility index (Phi) is 4.59. The Labute approximate surface area is 116 Å². The van der Waals surface area contributed by atoms with E-state index in [1.54, 1.807) is 0 Å². The normalized spacial score (nSPS) is 28.7. The number of carboxylic acid groups (broad SMARTS) is 2. The maximum Gasteiger partial charge on any atom is 0.323 e. The highest BCUT2D eigenvalue weighted by Gasteiger charge is 2.40. The molecule has 1 aliphatic heterocycles. The van der Waals surface area contributed by atoms with Crippen LogP contribution in [-0.4, -0.2) is 58.1 Å². The first-order valence-electron chi connectivity index (χ1n) is 6.96. The van der Waals surface area contributed by atoms with Crippen molar-refractivity contribution in [2.24, 2.45) is 5.92 Å². The predicted molar refractivity (Wildman–Crippen MR) is 69.1 cm³/mol. The Morgan fingerprint density at radius 1 is 1.05 bits per heavy atom. The summed E-state index contributed by atoms with van der Waals surface area (Å²) >= 11 is 0. The second kappa shape index (κ2) is 6.21. The molecule has 112 valence electrons. The van der Waals surface area contributed by atoms with Gasteiger partial charge < -0.3 is 20.4 Å². The zero-order valence-electron chi connectivity index (χ0n) is 11.2. The van der Waals surface area contributed by atoms with Crippen LogP contribution in [-0.2, 0) is 14.4 Å². The highest BCUT2D eigenvalue weighted by atomic mass is 16.4. The molecule has 3 unspecified atom stereocenters. The van der Waals surface area contributed by atoms with Crippen molar-refractivity contribution < 1.29 is 24.6 Å². The summed E-state index contributed by atoms with van der Waals surface area (Å²) in [6.45, 7) is -1.14. The SMILES string of the molecule is O=C(O)CN(CC(=O)O)C(=O)C1CC2CCCCC2N1. The number of nitrogens with zero attached hydrogens (tertiary/aromatic N) is 1. The number of amides is 1. The van der Waals surface area contributed by atoms with Gasteiger partial charge in [-0.15, -0.1) is 0 Å². The van der Waals surface area contributed by atoms with Gasteiger partial charge in [0.15, 0.2) is 0 Å². The molecule has 0 aromatic rings. The molecule has 7 nitrogen and oxygen atoms in total. The van der Waals surface area contributed by atoms with Crippen LogP contribution in [0.25, 0.3) is 0 Å². The molecule has 0 aromatic heterocycles. The van der Waals surface area contributed by atoms with Gasteiger partial charge in [-0.3, -0.25) is 14.4 Å². The summed E-state index contributed by atoms with van der Waals surface area (Å²) in [5.41, 5.74) is 0. The lowest BCUT2D eigenvalue weighted by Gasteiger charge is -2.24. The predicted octanol–water partition coefficient (Wildman–Crippen LogP) is -0.0951. The number of fused-ring (bicyclic) bond motifs is 1. The first-order chi connectivity index (χ1) is 9.47. The van der Waals surface area contributed by atoms with Crippen molar-refractivity contribution in [3.63, 3.8) is 0 Å². The van der Waals surface area contributed by atoms with Crippen LogP contribution < -0.4 is 5.32 Å². The van der Waals surface area contributed by atoms with E-state index in [1.807, 2.05) is 0 Å². The van der Waals surface area contributed by atoms with Crippen LogP contribution in [0.1, 0.15) is 32.1 Å². The van der Waals surface area contributed by atoms with Crippen molar-refractivity contribution in [1.82, 2.24) is 10.2 Å². The summed E-state index contributed by atoms with van der Waals surface area (Å²) in [7, 11) is 0. The van der Waals surface area contributed by atoms with Crippen molar-refractivity contribution >= 4 is 17.8 Å². The van der Waals surface area contributed by atoms with Crippen molar-refractivity contribution in [2.45, 2.75) is 44.2 Å². The molecule has 20 heavy (non-hydrogen) atoms. The van der Waals surface area contributed by atoms with Gasteiger partial charge in [0.05, 0.1) is 6.04 Å². The van der Waals surface area contributed by atoms with Crippen LogP contribution in [0.2, 0.25) is 0 Å². The average molecular weight is 284 g/mol. The maximum atomic E-state index is 12.3. The Bertz CT molecular complexity index is 382. The van der Waals surface area contributed by atoms with E-state index >= 15 is 0 Å². The van der Waals surface area contributed by atoms with Crippen molar-refractivity contribution in [1.29, 1.82) is 0 Å². The van der Waals surface area contributed by atoms with Gasteiger partial charge in [-0.2, -0.15) is 0 Å². The molecule has 1 aliphatic carbocycles. The third-order valence-electron chi connectivity index (χ3n) is 4.12. The number of hydrogen-bond donors (Lipinski definition) is 3. The number of aliphatic carboxylic acids is 2. The topological polar surface area (TPSA) is 107 Å². The number of hydrogen-bond acceptors (Lipinski definition) is 4. The largest absolute Gasteiger partial charge is 0.480 e. The van der Waals surface area contributed by atoms with Crippen LogP contribution in [0.3, 0.4) is 0 Å².